The Balaban J connectivity index is 2.09. The molecule has 3 aromatic carbocycles. The van der Waals surface area contributed by atoms with E-state index in [1.54, 1.807) is 18.2 Å². The Kier molecular flexibility index (Phi) is 10.0. The molecule has 0 aliphatic rings. The van der Waals surface area contributed by atoms with Crippen LogP contribution in [0.2, 0.25) is 10.0 Å². The number of carbonyl (C=O) groups is 2. The van der Waals surface area contributed by atoms with E-state index in [0.717, 1.165) is 9.87 Å². The van der Waals surface area contributed by atoms with E-state index in [-0.39, 0.29) is 33.1 Å². The number of nitrogens with zero attached hydrogens (tertiary/aromatic N) is 2. The van der Waals surface area contributed by atoms with Crippen molar-refractivity contribution in [1.29, 1.82) is 0 Å². The average Bonchev–Trinajstić information content (AvgIpc) is 2.88. The van der Waals surface area contributed by atoms with Gasteiger partial charge in [-0.25, -0.2) is 8.42 Å². The SMILES string of the molecule is CC[C@@H](C(=O)NC(C)(C)C)N(Cc1ccccc1)C(=O)CN(c1cc(Cl)ccc1Cl)S(=O)(=O)c1ccccc1. The van der Waals surface area contributed by atoms with Crippen molar-refractivity contribution < 1.29 is 18.0 Å². The van der Waals surface area contributed by atoms with E-state index in [0.29, 0.717) is 6.42 Å². The summed E-state index contributed by atoms with van der Waals surface area (Å²) in [5, 5.41) is 3.31. The zero-order valence-corrected chi connectivity index (χ0v) is 24.7. The molecule has 0 aliphatic carbocycles. The van der Waals surface area contributed by atoms with Gasteiger partial charge in [0, 0.05) is 17.1 Å². The summed E-state index contributed by atoms with van der Waals surface area (Å²) in [6, 6.07) is 20.6. The third-order valence-corrected chi connectivity index (χ3v) is 8.20. The number of hydrogen-bond donors (Lipinski definition) is 1. The van der Waals surface area contributed by atoms with E-state index < -0.39 is 34.1 Å². The van der Waals surface area contributed by atoms with Gasteiger partial charge in [-0.05, 0) is 63.1 Å². The molecular weight excluding hydrogens is 557 g/mol. The van der Waals surface area contributed by atoms with E-state index in [1.165, 1.54) is 35.2 Å². The molecule has 0 heterocycles. The van der Waals surface area contributed by atoms with Gasteiger partial charge < -0.3 is 10.2 Å². The molecule has 0 radical (unpaired) electrons. The topological polar surface area (TPSA) is 86.8 Å². The standard InChI is InChI=1S/C29H33Cl2N3O4S/c1-5-25(28(36)32-29(2,3)4)33(19-21-12-8-6-9-13-21)27(35)20-34(26-18-22(30)16-17-24(26)31)39(37,38)23-14-10-7-11-15-23/h6-18,25H,5,19-20H2,1-4H3,(H,32,36)/t25-/m0/s1. The second-order valence-electron chi connectivity index (χ2n) is 10.1. The molecule has 0 fully saturated rings. The van der Waals surface area contributed by atoms with Gasteiger partial charge in [0.05, 0.1) is 15.6 Å². The smallest absolute Gasteiger partial charge is 0.264 e. The van der Waals surface area contributed by atoms with Gasteiger partial charge in [0.15, 0.2) is 0 Å². The van der Waals surface area contributed by atoms with Crippen molar-refractivity contribution in [1.82, 2.24) is 10.2 Å². The Labute approximate surface area is 240 Å². The Morgan fingerprint density at radius 1 is 0.923 bits per heavy atom. The van der Waals surface area contributed by atoms with Crippen molar-refractivity contribution >= 4 is 50.7 Å². The van der Waals surface area contributed by atoms with Crippen LogP contribution in [0.25, 0.3) is 0 Å². The molecule has 0 saturated carbocycles. The first-order chi connectivity index (χ1) is 18.3. The minimum absolute atomic E-state index is 0.0130. The molecule has 2 amide bonds. The number of anilines is 1. The highest BCUT2D eigenvalue weighted by molar-refractivity contribution is 7.92. The van der Waals surface area contributed by atoms with Crippen LogP contribution in [0.5, 0.6) is 0 Å². The molecule has 0 aliphatic heterocycles. The zero-order chi connectivity index (χ0) is 28.8. The van der Waals surface area contributed by atoms with Crippen LogP contribution < -0.4 is 9.62 Å². The van der Waals surface area contributed by atoms with Gasteiger partial charge in [-0.15, -0.1) is 0 Å². The van der Waals surface area contributed by atoms with Gasteiger partial charge in [-0.1, -0.05) is 78.7 Å². The highest BCUT2D eigenvalue weighted by Crippen LogP contribution is 2.33. The van der Waals surface area contributed by atoms with Crippen LogP contribution in [-0.4, -0.2) is 43.3 Å². The van der Waals surface area contributed by atoms with Crippen molar-refractivity contribution in [2.45, 2.75) is 57.1 Å². The molecule has 208 valence electrons. The van der Waals surface area contributed by atoms with Crippen molar-refractivity contribution in [3.63, 3.8) is 0 Å². The van der Waals surface area contributed by atoms with Gasteiger partial charge >= 0.3 is 0 Å². The van der Waals surface area contributed by atoms with E-state index in [1.807, 2.05) is 58.0 Å². The Hall–Kier alpha value is -3.07. The number of benzene rings is 3. The fraction of sp³-hybridized carbons (Fsp3) is 0.310. The highest BCUT2D eigenvalue weighted by atomic mass is 35.5. The van der Waals surface area contributed by atoms with E-state index in [2.05, 4.69) is 5.32 Å². The molecule has 39 heavy (non-hydrogen) atoms. The quantitative estimate of drug-likeness (QED) is 0.318. The average molecular weight is 591 g/mol. The molecule has 1 N–H and O–H groups in total. The molecule has 7 nitrogen and oxygen atoms in total. The van der Waals surface area contributed by atoms with Crippen LogP contribution in [0.15, 0.2) is 83.8 Å². The van der Waals surface area contributed by atoms with Crippen LogP contribution in [-0.2, 0) is 26.2 Å². The van der Waals surface area contributed by atoms with Gasteiger partial charge in [0.2, 0.25) is 11.8 Å². The molecule has 1 atom stereocenters. The predicted octanol–water partition coefficient (Wildman–Crippen LogP) is 5.91. The largest absolute Gasteiger partial charge is 0.350 e. The summed E-state index contributed by atoms with van der Waals surface area (Å²) in [5.41, 5.74) is 0.336. The zero-order valence-electron chi connectivity index (χ0n) is 22.4. The lowest BCUT2D eigenvalue weighted by atomic mass is 10.1. The van der Waals surface area contributed by atoms with Crippen LogP contribution in [0.1, 0.15) is 39.7 Å². The molecular formula is C29H33Cl2N3O4S. The Bertz CT molecular complexity index is 1400. The molecule has 0 spiro atoms. The van der Waals surface area contributed by atoms with Gasteiger partial charge in [-0.2, -0.15) is 0 Å². The molecule has 10 heteroatoms. The summed E-state index contributed by atoms with van der Waals surface area (Å²) in [4.78, 5) is 28.8. The maximum absolute atomic E-state index is 14.0. The van der Waals surface area contributed by atoms with E-state index in [4.69, 9.17) is 23.2 Å². The fourth-order valence-electron chi connectivity index (χ4n) is 4.06. The molecule has 0 aromatic heterocycles. The Morgan fingerprint density at radius 2 is 1.51 bits per heavy atom. The first-order valence-corrected chi connectivity index (χ1v) is 14.7. The maximum atomic E-state index is 14.0. The summed E-state index contributed by atoms with van der Waals surface area (Å²) < 4.78 is 28.6. The fourth-order valence-corrected chi connectivity index (χ4v) is 5.94. The molecule has 0 bridgehead atoms. The maximum Gasteiger partial charge on any atom is 0.264 e. The second-order valence-corrected chi connectivity index (χ2v) is 12.8. The van der Waals surface area contributed by atoms with Crippen LogP contribution in [0, 0.1) is 0 Å². The van der Waals surface area contributed by atoms with Crippen molar-refractivity contribution in [2.24, 2.45) is 0 Å². The highest BCUT2D eigenvalue weighted by Gasteiger charge is 2.35. The number of carbonyl (C=O) groups excluding carboxylic acids is 2. The summed E-state index contributed by atoms with van der Waals surface area (Å²) in [7, 11) is -4.23. The molecule has 0 unspecified atom stereocenters. The normalized spacial score (nSPS) is 12.5. The second kappa shape index (κ2) is 12.9. The lowest BCUT2D eigenvalue weighted by molar-refractivity contribution is -0.141. The number of hydrogen-bond acceptors (Lipinski definition) is 4. The Morgan fingerprint density at radius 3 is 2.08 bits per heavy atom. The number of nitrogens with one attached hydrogen (secondary N) is 1. The van der Waals surface area contributed by atoms with Gasteiger partial charge in [-0.3, -0.25) is 13.9 Å². The van der Waals surface area contributed by atoms with Crippen molar-refractivity contribution in [2.75, 3.05) is 10.8 Å². The third kappa shape index (κ3) is 7.97. The van der Waals surface area contributed by atoms with E-state index in [9.17, 15) is 18.0 Å². The lowest BCUT2D eigenvalue weighted by Gasteiger charge is -2.35. The summed E-state index contributed by atoms with van der Waals surface area (Å²) >= 11 is 12.6. The first kappa shape index (κ1) is 30.5. The number of amides is 2. The van der Waals surface area contributed by atoms with E-state index >= 15 is 0 Å². The molecule has 0 saturated heterocycles. The summed E-state index contributed by atoms with van der Waals surface area (Å²) in [6.07, 6.45) is 0.323. The third-order valence-electron chi connectivity index (χ3n) is 5.87. The molecule has 3 aromatic rings. The van der Waals surface area contributed by atoms with Crippen molar-refractivity contribution in [3.8, 4) is 0 Å². The van der Waals surface area contributed by atoms with Gasteiger partial charge in [0.1, 0.15) is 12.6 Å². The minimum Gasteiger partial charge on any atom is -0.350 e. The van der Waals surface area contributed by atoms with Crippen LogP contribution >= 0.6 is 23.2 Å². The first-order valence-electron chi connectivity index (χ1n) is 12.5. The number of halogens is 2. The molecule has 3 rings (SSSR count). The monoisotopic (exact) mass is 589 g/mol. The number of sulfonamides is 1. The van der Waals surface area contributed by atoms with Crippen LogP contribution in [0.3, 0.4) is 0 Å². The lowest BCUT2D eigenvalue weighted by Crippen LogP contribution is -2.55. The van der Waals surface area contributed by atoms with Crippen molar-refractivity contribution in [3.05, 3.63) is 94.5 Å². The van der Waals surface area contributed by atoms with Crippen LogP contribution in [0.4, 0.5) is 5.69 Å². The van der Waals surface area contributed by atoms with Gasteiger partial charge in [0.25, 0.3) is 10.0 Å². The number of rotatable bonds is 10. The predicted molar refractivity (Wildman–Crippen MR) is 156 cm³/mol. The summed E-state index contributed by atoms with van der Waals surface area (Å²) in [6.45, 7) is 6.90. The summed E-state index contributed by atoms with van der Waals surface area (Å²) in [5.74, 6) is -0.891. The minimum atomic E-state index is -4.23.